The van der Waals surface area contributed by atoms with Crippen LogP contribution >= 0.6 is 0 Å². The molecule has 1 unspecified atom stereocenters. The summed E-state index contributed by atoms with van der Waals surface area (Å²) in [4.78, 5) is 28.8. The van der Waals surface area contributed by atoms with Gasteiger partial charge in [0.25, 0.3) is 0 Å². The lowest BCUT2D eigenvalue weighted by Crippen LogP contribution is -2.41. The molecule has 4 heteroatoms. The summed E-state index contributed by atoms with van der Waals surface area (Å²) in [5, 5.41) is 0. The average molecular weight is 435 g/mol. The number of carbonyl (C=O) groups excluding carboxylic acids is 2. The molecule has 0 aromatic rings. The molecule has 1 rings (SSSR count). The van der Waals surface area contributed by atoms with Crippen molar-refractivity contribution in [3.8, 4) is 0 Å². The molecular weight excluding hydrogens is 384 g/mol. The van der Waals surface area contributed by atoms with E-state index in [2.05, 4.69) is 73.8 Å². The Morgan fingerprint density at radius 1 is 0.968 bits per heavy atom. The first-order valence-corrected chi connectivity index (χ1v) is 12.0. The van der Waals surface area contributed by atoms with Crippen molar-refractivity contribution in [2.75, 3.05) is 27.2 Å². The fourth-order valence-electron chi connectivity index (χ4n) is 4.59. The van der Waals surface area contributed by atoms with Crippen LogP contribution < -0.4 is 0 Å². The van der Waals surface area contributed by atoms with Crippen molar-refractivity contribution in [2.45, 2.75) is 94.4 Å². The zero-order chi connectivity index (χ0) is 24.4. The quantitative estimate of drug-likeness (QED) is 0.289. The van der Waals surface area contributed by atoms with Gasteiger partial charge in [-0.2, -0.15) is 0 Å². The molecule has 0 spiro atoms. The van der Waals surface area contributed by atoms with Crippen LogP contribution in [0.15, 0.2) is 12.2 Å². The number of amides is 2. The maximum atomic E-state index is 12.8. The maximum Gasteiger partial charge on any atom is 0.233 e. The molecule has 1 fully saturated rings. The summed E-state index contributed by atoms with van der Waals surface area (Å²) in [6, 6.07) is 0. The molecule has 0 saturated carbocycles. The van der Waals surface area contributed by atoms with Crippen molar-refractivity contribution < 1.29 is 9.59 Å². The maximum absolute atomic E-state index is 12.8. The minimum atomic E-state index is -0.232. The number of imide groups is 1. The van der Waals surface area contributed by atoms with E-state index in [1.807, 2.05) is 14.1 Å². The highest BCUT2D eigenvalue weighted by molar-refractivity contribution is 6.03. The summed E-state index contributed by atoms with van der Waals surface area (Å²) in [7, 11) is 4.01. The number of hydrogen-bond donors (Lipinski definition) is 0. The Hall–Kier alpha value is -1.16. The van der Waals surface area contributed by atoms with Crippen LogP contribution in [-0.4, -0.2) is 48.8 Å². The van der Waals surface area contributed by atoms with Crippen LogP contribution in [0.25, 0.3) is 0 Å². The number of nitrogens with zero attached hydrogens (tertiary/aromatic N) is 2. The fraction of sp³-hybridized carbons (Fsp3) is 0.852. The predicted octanol–water partition coefficient (Wildman–Crippen LogP) is 6.16. The first kappa shape index (κ1) is 27.9. The minimum Gasteiger partial charge on any atom is -0.309 e. The van der Waals surface area contributed by atoms with E-state index in [0.717, 1.165) is 31.4 Å². The molecule has 1 saturated heterocycles. The van der Waals surface area contributed by atoms with Crippen LogP contribution in [0, 0.1) is 27.6 Å². The zero-order valence-corrected chi connectivity index (χ0v) is 22.4. The average Bonchev–Trinajstić information content (AvgIpc) is 2.79. The van der Waals surface area contributed by atoms with Crippen molar-refractivity contribution >= 4 is 11.8 Å². The van der Waals surface area contributed by atoms with Gasteiger partial charge in [-0.15, -0.1) is 0 Å². The molecule has 4 nitrogen and oxygen atoms in total. The van der Waals surface area contributed by atoms with Crippen molar-refractivity contribution in [3.63, 3.8) is 0 Å². The van der Waals surface area contributed by atoms with Crippen LogP contribution in [-0.2, 0) is 9.59 Å². The van der Waals surface area contributed by atoms with E-state index in [1.54, 1.807) is 0 Å². The summed E-state index contributed by atoms with van der Waals surface area (Å²) in [5.74, 6) is -0.256. The lowest BCUT2D eigenvalue weighted by Gasteiger charge is -2.50. The molecule has 31 heavy (non-hydrogen) atoms. The number of rotatable bonds is 11. The van der Waals surface area contributed by atoms with Crippen molar-refractivity contribution in [1.29, 1.82) is 0 Å². The van der Waals surface area contributed by atoms with E-state index < -0.39 is 0 Å². The molecule has 0 bridgehead atoms. The summed E-state index contributed by atoms with van der Waals surface area (Å²) < 4.78 is 0. The largest absolute Gasteiger partial charge is 0.309 e. The van der Waals surface area contributed by atoms with E-state index in [4.69, 9.17) is 0 Å². The number of carbonyl (C=O) groups is 2. The van der Waals surface area contributed by atoms with Crippen molar-refractivity contribution in [1.82, 2.24) is 9.80 Å². The van der Waals surface area contributed by atoms with Crippen LogP contribution in [0.3, 0.4) is 0 Å². The van der Waals surface area contributed by atoms with Gasteiger partial charge in [0, 0.05) is 13.0 Å². The van der Waals surface area contributed by atoms with Gasteiger partial charge in [-0.1, -0.05) is 74.5 Å². The van der Waals surface area contributed by atoms with Gasteiger partial charge in [-0.25, -0.2) is 0 Å². The van der Waals surface area contributed by atoms with Crippen molar-refractivity contribution in [2.24, 2.45) is 27.6 Å². The Bertz CT molecular complexity index is 665. The first-order chi connectivity index (χ1) is 13.8. The highest BCUT2D eigenvalue weighted by Crippen LogP contribution is 2.54. The molecule has 1 aliphatic rings. The summed E-state index contributed by atoms with van der Waals surface area (Å²) >= 11 is 0. The third kappa shape index (κ3) is 7.17. The zero-order valence-electron chi connectivity index (χ0n) is 22.4. The second kappa shape index (κ2) is 9.77. The molecule has 0 aromatic carbocycles. The molecule has 2 amide bonds. The highest BCUT2D eigenvalue weighted by Gasteiger charge is 2.45. The second-order valence-electron chi connectivity index (χ2n) is 13.2. The number of hydrogen-bond acceptors (Lipinski definition) is 3. The Morgan fingerprint density at radius 2 is 1.52 bits per heavy atom. The van der Waals surface area contributed by atoms with Crippen LogP contribution in [0.5, 0.6) is 0 Å². The smallest absolute Gasteiger partial charge is 0.233 e. The molecular formula is C27H50N2O2. The Morgan fingerprint density at radius 3 is 2.00 bits per heavy atom. The molecule has 1 aliphatic heterocycles. The van der Waals surface area contributed by atoms with E-state index in [-0.39, 0.29) is 39.4 Å². The van der Waals surface area contributed by atoms with Crippen LogP contribution in [0.2, 0.25) is 0 Å². The molecule has 0 radical (unpaired) electrons. The van der Waals surface area contributed by atoms with Gasteiger partial charge < -0.3 is 4.90 Å². The highest BCUT2D eigenvalue weighted by atomic mass is 16.2. The normalized spacial score (nSPS) is 19.0. The van der Waals surface area contributed by atoms with Crippen LogP contribution in [0.4, 0.5) is 0 Å². The third-order valence-electron chi connectivity index (χ3n) is 8.30. The molecule has 0 aromatic heterocycles. The van der Waals surface area contributed by atoms with Gasteiger partial charge in [0.15, 0.2) is 0 Å². The van der Waals surface area contributed by atoms with Crippen molar-refractivity contribution in [3.05, 3.63) is 12.2 Å². The van der Waals surface area contributed by atoms with Gasteiger partial charge in [-0.05, 0) is 68.0 Å². The lowest BCUT2D eigenvalue weighted by atomic mass is 9.55. The van der Waals surface area contributed by atoms with Crippen LogP contribution in [0.1, 0.15) is 94.4 Å². The summed E-state index contributed by atoms with van der Waals surface area (Å²) in [6.45, 7) is 26.8. The standard InChI is InChI=1S/C27H50N2O2/c1-20(16-21-17-22(30)29(23(21)31)15-13-14-28(11)12)18-25(5,6)27(9,10)19-26(7,8)24(2,3)4/h21H,1,13-19H2,2-12H3. The van der Waals surface area contributed by atoms with E-state index >= 15 is 0 Å². The Balaban J connectivity index is 2.76. The summed E-state index contributed by atoms with van der Waals surface area (Å²) in [6.07, 6.45) is 3.77. The van der Waals surface area contributed by atoms with E-state index in [1.165, 1.54) is 4.90 Å². The van der Waals surface area contributed by atoms with Gasteiger partial charge in [-0.3, -0.25) is 14.5 Å². The summed E-state index contributed by atoms with van der Waals surface area (Å²) in [5.41, 5.74) is 1.68. The molecule has 180 valence electrons. The monoisotopic (exact) mass is 434 g/mol. The Kier molecular flexibility index (Phi) is 8.78. The third-order valence-corrected chi connectivity index (χ3v) is 8.30. The number of likely N-dealkylation sites (tertiary alicyclic amines) is 1. The SMILES string of the molecule is C=C(CC1CC(=O)N(CCCN(C)C)C1=O)CC(C)(C)C(C)(C)CC(C)(C)C(C)(C)C. The molecule has 1 heterocycles. The molecule has 1 atom stereocenters. The number of allylic oxidation sites excluding steroid dienone is 1. The fourth-order valence-corrected chi connectivity index (χ4v) is 4.59. The van der Waals surface area contributed by atoms with Gasteiger partial charge in [0.05, 0.1) is 5.92 Å². The lowest BCUT2D eigenvalue weighted by molar-refractivity contribution is -0.139. The van der Waals surface area contributed by atoms with E-state index in [0.29, 0.717) is 19.4 Å². The van der Waals surface area contributed by atoms with E-state index in [9.17, 15) is 9.59 Å². The second-order valence-corrected chi connectivity index (χ2v) is 13.2. The van der Waals surface area contributed by atoms with Gasteiger partial charge in [0.2, 0.25) is 11.8 Å². The molecule has 0 aliphatic carbocycles. The van der Waals surface area contributed by atoms with Gasteiger partial charge >= 0.3 is 0 Å². The topological polar surface area (TPSA) is 40.6 Å². The Labute approximate surface area is 192 Å². The van der Waals surface area contributed by atoms with Gasteiger partial charge in [0.1, 0.15) is 0 Å². The first-order valence-electron chi connectivity index (χ1n) is 12.0. The minimum absolute atomic E-state index is 0.00385. The predicted molar refractivity (Wildman–Crippen MR) is 132 cm³/mol. The molecule has 0 N–H and O–H groups in total.